The maximum absolute atomic E-state index is 11.9. The molecule has 2 N–H and O–H groups in total. The zero-order chi connectivity index (χ0) is 25.7. The van der Waals surface area contributed by atoms with Crippen LogP contribution in [0.5, 0.6) is 0 Å². The quantitative estimate of drug-likeness (QED) is 0.165. The summed E-state index contributed by atoms with van der Waals surface area (Å²) in [5, 5.41) is 85.3. The van der Waals surface area contributed by atoms with E-state index < -0.39 is 90.6 Å². The van der Waals surface area contributed by atoms with E-state index in [0.717, 1.165) is 0 Å². The van der Waals surface area contributed by atoms with Crippen molar-refractivity contribution in [2.24, 2.45) is 5.41 Å². The van der Waals surface area contributed by atoms with Gasteiger partial charge in [0.05, 0.1) is 0 Å². The molecule has 0 spiro atoms. The molecule has 0 amide bonds. The van der Waals surface area contributed by atoms with Crippen molar-refractivity contribution < 1.29 is 49.3 Å². The van der Waals surface area contributed by atoms with Gasteiger partial charge in [0.2, 0.25) is 0 Å². The van der Waals surface area contributed by atoms with Crippen molar-refractivity contribution in [1.82, 2.24) is 0 Å². The van der Waals surface area contributed by atoms with E-state index in [1.807, 2.05) is 0 Å². The van der Waals surface area contributed by atoms with Gasteiger partial charge >= 0.3 is 23.5 Å². The van der Waals surface area contributed by atoms with Crippen molar-refractivity contribution in [3.63, 3.8) is 0 Å². The largest absolute Gasteiger partial charge is 0.700 e. The first-order valence-corrected chi connectivity index (χ1v) is 7.76. The molecule has 0 aliphatic rings. The van der Waals surface area contributed by atoms with E-state index in [-0.39, 0.29) is 0 Å². The third kappa shape index (κ3) is 4.73. The van der Waals surface area contributed by atoms with Crippen LogP contribution < -0.4 is 0 Å². The van der Waals surface area contributed by atoms with Gasteiger partial charge in [-0.05, 0) is 12.8 Å². The number of carboxylic acid groups (broad SMARTS) is 2. The van der Waals surface area contributed by atoms with Crippen LogP contribution >= 0.6 is 0 Å². The van der Waals surface area contributed by atoms with Crippen molar-refractivity contribution in [1.29, 1.82) is 0 Å². The zero-order valence-corrected chi connectivity index (χ0v) is 15.3. The average Bonchev–Trinajstić information content (AvgIpc) is 2.60. The standard InChI is InChI=1S/C10H12N6O16/c17-6(18)2-1-3-8(7(19)20,4-9(11(21)22,12(23)24)13(25)26)5-10(14(27)28,15(29)30)16(31)32/h1-5H2,(H,17,18)(H,19,20). The number of hydrogen-bond donors (Lipinski definition) is 2. The highest BCUT2D eigenvalue weighted by molar-refractivity contribution is 5.75. The first-order chi connectivity index (χ1) is 14.4. The van der Waals surface area contributed by atoms with E-state index in [0.29, 0.717) is 0 Å². The lowest BCUT2D eigenvalue weighted by atomic mass is 9.72. The fourth-order valence-corrected chi connectivity index (χ4v) is 2.77. The Morgan fingerprint density at radius 1 is 0.625 bits per heavy atom. The molecule has 0 aromatic rings. The Kier molecular flexibility index (Phi) is 8.06. The average molecular weight is 472 g/mol. The molecule has 0 bridgehead atoms. The van der Waals surface area contributed by atoms with Crippen molar-refractivity contribution >= 4 is 11.9 Å². The van der Waals surface area contributed by atoms with Crippen LogP contribution in [-0.2, 0) is 9.59 Å². The maximum atomic E-state index is 11.9. The Morgan fingerprint density at radius 3 is 1.09 bits per heavy atom. The highest BCUT2D eigenvalue weighted by atomic mass is 16.7. The maximum Gasteiger partial charge on any atom is 0.700 e. The Bertz CT molecular complexity index is 758. The van der Waals surface area contributed by atoms with Crippen molar-refractivity contribution in [3.8, 4) is 0 Å². The highest BCUT2D eigenvalue weighted by Crippen LogP contribution is 2.44. The molecule has 0 fully saturated rings. The predicted molar refractivity (Wildman–Crippen MR) is 88.2 cm³/mol. The van der Waals surface area contributed by atoms with Crippen molar-refractivity contribution in [2.45, 2.75) is 43.7 Å². The summed E-state index contributed by atoms with van der Waals surface area (Å²) in [6.07, 6.45) is -8.19. The molecule has 32 heavy (non-hydrogen) atoms. The summed E-state index contributed by atoms with van der Waals surface area (Å²) in [5.41, 5.74) is -3.60. The van der Waals surface area contributed by atoms with Gasteiger partial charge in [-0.3, -0.25) is 70.3 Å². The summed E-state index contributed by atoms with van der Waals surface area (Å²) in [4.78, 5) is 76.6. The lowest BCUT2D eigenvalue weighted by Crippen LogP contribution is -2.62. The van der Waals surface area contributed by atoms with Crippen LogP contribution in [0.2, 0.25) is 0 Å². The third-order valence-electron chi connectivity index (χ3n) is 4.41. The lowest BCUT2D eigenvalue weighted by Gasteiger charge is -2.27. The van der Waals surface area contributed by atoms with E-state index >= 15 is 0 Å². The molecule has 0 radical (unpaired) electrons. The second-order valence-electron chi connectivity index (χ2n) is 6.28. The fraction of sp³-hybridized carbons (Fsp3) is 0.800. The number of hydrogen-bond acceptors (Lipinski definition) is 14. The topological polar surface area (TPSA) is 333 Å². The van der Waals surface area contributed by atoms with Gasteiger partial charge in [0, 0.05) is 6.42 Å². The van der Waals surface area contributed by atoms with Crippen molar-refractivity contribution in [2.75, 3.05) is 0 Å². The van der Waals surface area contributed by atoms with E-state index in [9.17, 15) is 75.4 Å². The summed E-state index contributed by atoms with van der Waals surface area (Å²) in [5.74, 6) is -13.5. The van der Waals surface area contributed by atoms with Crippen LogP contribution in [0.1, 0.15) is 32.1 Å². The molecule has 0 rings (SSSR count). The van der Waals surface area contributed by atoms with Crippen LogP contribution in [0.3, 0.4) is 0 Å². The Morgan fingerprint density at radius 2 is 0.906 bits per heavy atom. The van der Waals surface area contributed by atoms with Crippen LogP contribution in [0, 0.1) is 66.1 Å². The van der Waals surface area contributed by atoms with E-state index in [1.165, 1.54) is 0 Å². The minimum Gasteiger partial charge on any atom is -0.481 e. The lowest BCUT2D eigenvalue weighted by molar-refractivity contribution is -0.978. The molecule has 22 nitrogen and oxygen atoms in total. The fourth-order valence-electron chi connectivity index (χ4n) is 2.77. The van der Waals surface area contributed by atoms with Gasteiger partial charge in [0.1, 0.15) is 5.41 Å². The Hall–Kier alpha value is -4.66. The van der Waals surface area contributed by atoms with Crippen LogP contribution in [0.25, 0.3) is 0 Å². The molecular formula is C10H12N6O16. The van der Waals surface area contributed by atoms with Gasteiger partial charge in [-0.15, -0.1) is 0 Å². The molecule has 0 aliphatic carbocycles. The van der Waals surface area contributed by atoms with E-state index in [1.54, 1.807) is 0 Å². The second-order valence-corrected chi connectivity index (χ2v) is 6.28. The first-order valence-electron chi connectivity index (χ1n) is 7.76. The van der Waals surface area contributed by atoms with Gasteiger partial charge in [0.15, 0.2) is 42.4 Å². The van der Waals surface area contributed by atoms with Crippen LogP contribution in [0.4, 0.5) is 0 Å². The van der Waals surface area contributed by atoms with E-state index in [2.05, 4.69) is 0 Å². The Balaban J connectivity index is 7.15. The highest BCUT2D eigenvalue weighted by Gasteiger charge is 2.81. The predicted octanol–water partition coefficient (Wildman–Crippen LogP) is -0.940. The van der Waals surface area contributed by atoms with Gasteiger partial charge in [0.25, 0.3) is 0 Å². The molecule has 0 saturated carbocycles. The molecule has 0 unspecified atom stereocenters. The molecule has 178 valence electrons. The third-order valence-corrected chi connectivity index (χ3v) is 4.41. The molecule has 0 aliphatic heterocycles. The smallest absolute Gasteiger partial charge is 0.481 e. The minimum absolute atomic E-state index is 0.936. The summed E-state index contributed by atoms with van der Waals surface area (Å²) < 4.78 is 0. The summed E-state index contributed by atoms with van der Waals surface area (Å²) in [6, 6.07) is 0. The number of aliphatic carboxylic acids is 2. The van der Waals surface area contributed by atoms with Gasteiger partial charge < -0.3 is 10.2 Å². The summed E-state index contributed by atoms with van der Waals surface area (Å²) in [7, 11) is 0. The zero-order valence-electron chi connectivity index (χ0n) is 15.3. The molecular weight excluding hydrogens is 460 g/mol. The van der Waals surface area contributed by atoms with Gasteiger partial charge in [-0.2, -0.15) is 0 Å². The number of nitro groups is 6. The number of carboxylic acids is 2. The molecule has 0 aromatic heterocycles. The molecule has 0 saturated heterocycles. The summed E-state index contributed by atoms with van der Waals surface area (Å²) >= 11 is 0. The van der Waals surface area contributed by atoms with Crippen LogP contribution in [0.15, 0.2) is 0 Å². The molecule has 0 heterocycles. The van der Waals surface area contributed by atoms with Gasteiger partial charge in [-0.1, -0.05) is 0 Å². The number of nitrogens with zero attached hydrogens (tertiary/aromatic N) is 6. The number of carbonyl (C=O) groups is 2. The monoisotopic (exact) mass is 472 g/mol. The minimum atomic E-state index is -4.64. The van der Waals surface area contributed by atoms with Crippen LogP contribution in [-0.4, -0.2) is 63.3 Å². The Labute approximate surface area is 172 Å². The molecule has 0 atom stereocenters. The second kappa shape index (κ2) is 9.43. The van der Waals surface area contributed by atoms with E-state index in [4.69, 9.17) is 5.11 Å². The van der Waals surface area contributed by atoms with Gasteiger partial charge in [-0.25, -0.2) is 0 Å². The first kappa shape index (κ1) is 27.3. The molecule has 22 heteroatoms. The SMILES string of the molecule is O=C(O)CCCC(CC([N+](=O)[O-])([N+](=O)[O-])[N+](=O)[O-])(CC([N+](=O)[O-])([N+](=O)[O-])[N+](=O)[O-])C(=O)O. The normalized spacial score (nSPS) is 11.9. The number of rotatable bonds is 15. The summed E-state index contributed by atoms with van der Waals surface area (Å²) in [6.45, 7) is 0. The molecule has 0 aromatic carbocycles. The van der Waals surface area contributed by atoms with Crippen molar-refractivity contribution in [3.05, 3.63) is 60.7 Å².